The second kappa shape index (κ2) is 4.50. The van der Waals surface area contributed by atoms with Gasteiger partial charge in [0.25, 0.3) is 0 Å². The predicted octanol–water partition coefficient (Wildman–Crippen LogP) is -0.272. The third-order valence-corrected chi connectivity index (χ3v) is 2.60. The van der Waals surface area contributed by atoms with Gasteiger partial charge in [-0.25, -0.2) is 0 Å². The molecule has 1 N–H and O–H groups in total. The Morgan fingerprint density at radius 1 is 1.80 bits per heavy atom. The Kier molecular flexibility index (Phi) is 4.96. The molecule has 0 rings (SSSR count). The molecule has 0 spiro atoms. The molecule has 0 bridgehead atoms. The van der Waals surface area contributed by atoms with Crippen LogP contribution in [0.15, 0.2) is 0 Å². The van der Waals surface area contributed by atoms with Gasteiger partial charge in [0.15, 0.2) is 0 Å². The van der Waals surface area contributed by atoms with Crippen molar-refractivity contribution in [1.82, 2.24) is 4.27 Å². The Bertz CT molecular complexity index is 14.4. The van der Waals surface area contributed by atoms with Gasteiger partial charge in [0.2, 0.25) is 0 Å². The van der Waals surface area contributed by atoms with E-state index in [1.54, 1.807) is 0 Å². The summed E-state index contributed by atoms with van der Waals surface area (Å²) in [4.78, 5) is 0. The van der Waals surface area contributed by atoms with Crippen LogP contribution in [0.5, 0.6) is 0 Å². The third kappa shape index (κ3) is 4.50. The van der Waals surface area contributed by atoms with Crippen molar-refractivity contribution in [3.8, 4) is 0 Å². The van der Waals surface area contributed by atoms with E-state index in [-0.39, 0.29) is 15.7 Å². The SMILES string of the molecule is CC[NH][GeH2][CH3]. The molecule has 0 amide bonds. The van der Waals surface area contributed by atoms with Crippen molar-refractivity contribution < 1.29 is 0 Å². The third-order valence-electron chi connectivity index (χ3n) is 0.500. The van der Waals surface area contributed by atoms with Crippen LogP contribution in [0.1, 0.15) is 6.92 Å². The van der Waals surface area contributed by atoms with Gasteiger partial charge in [0, 0.05) is 0 Å². The molecule has 0 aliphatic heterocycles. The van der Waals surface area contributed by atoms with E-state index < -0.39 is 0 Å². The van der Waals surface area contributed by atoms with Gasteiger partial charge in [-0.1, -0.05) is 0 Å². The molecular weight excluding hydrogens is 123 g/mol. The van der Waals surface area contributed by atoms with Crippen LogP contribution in [0.3, 0.4) is 0 Å². The minimum absolute atomic E-state index is 0.161. The Hall–Kier alpha value is 0.503. The second-order valence-electron chi connectivity index (χ2n) is 0.957. The van der Waals surface area contributed by atoms with Gasteiger partial charge in [-0.2, -0.15) is 0 Å². The molecule has 0 heterocycles. The zero-order valence-corrected chi connectivity index (χ0v) is 6.88. The fourth-order valence-electron chi connectivity index (χ4n) is 0.250. The van der Waals surface area contributed by atoms with Crippen molar-refractivity contribution in [1.29, 1.82) is 0 Å². The van der Waals surface area contributed by atoms with E-state index in [2.05, 4.69) is 17.0 Å². The molecule has 0 aromatic carbocycles. The van der Waals surface area contributed by atoms with Crippen LogP contribution < -0.4 is 4.27 Å². The van der Waals surface area contributed by atoms with E-state index in [1.807, 2.05) is 0 Å². The molecule has 32 valence electrons. The van der Waals surface area contributed by atoms with E-state index in [9.17, 15) is 0 Å². The molecule has 0 saturated heterocycles. The average Bonchev–Trinajstić information content (AvgIpc) is 1.41. The van der Waals surface area contributed by atoms with Crippen molar-refractivity contribution in [2.24, 2.45) is 0 Å². The number of hydrogen-bond donors (Lipinski definition) is 1. The van der Waals surface area contributed by atoms with Crippen molar-refractivity contribution in [2.45, 2.75) is 12.7 Å². The summed E-state index contributed by atoms with van der Waals surface area (Å²) in [5, 5.41) is 0. The molecule has 0 aliphatic carbocycles. The molecule has 0 aromatic heterocycles. The monoisotopic (exact) mass is 135 g/mol. The maximum absolute atomic E-state index is 3.30. The Morgan fingerprint density at radius 3 is 2.40 bits per heavy atom. The quantitative estimate of drug-likeness (QED) is 0.512. The molecule has 0 saturated carbocycles. The minimum atomic E-state index is -0.161. The van der Waals surface area contributed by atoms with Crippen LogP contribution >= 0.6 is 0 Å². The molecule has 0 fully saturated rings. The number of hydrogen-bond acceptors (Lipinski definition) is 1. The molecule has 0 unspecified atom stereocenters. The first-order valence-corrected chi connectivity index (χ1v) is 6.57. The summed E-state index contributed by atoms with van der Waals surface area (Å²) in [6.45, 7) is 3.32. The molecule has 0 atom stereocenters. The number of rotatable bonds is 2. The van der Waals surface area contributed by atoms with Crippen molar-refractivity contribution in [2.75, 3.05) is 6.54 Å². The molecular formula is C3H11GeN. The summed E-state index contributed by atoms with van der Waals surface area (Å²) in [5.41, 5.74) is 0. The standard InChI is InChI=1S/C3H11GeN/c1-3-5-4-2/h5H,3-4H2,1-2H3. The topological polar surface area (TPSA) is 12.0 Å². The zero-order chi connectivity index (χ0) is 4.12. The summed E-state index contributed by atoms with van der Waals surface area (Å²) < 4.78 is 3.30. The van der Waals surface area contributed by atoms with Crippen molar-refractivity contribution in [3.05, 3.63) is 0 Å². The molecule has 1 nitrogen and oxygen atoms in total. The average molecular weight is 134 g/mol. The van der Waals surface area contributed by atoms with E-state index in [1.165, 1.54) is 6.54 Å². The van der Waals surface area contributed by atoms with Gasteiger partial charge in [0.1, 0.15) is 0 Å². The van der Waals surface area contributed by atoms with Gasteiger partial charge in [0.05, 0.1) is 0 Å². The molecule has 0 aromatic rings. The van der Waals surface area contributed by atoms with Crippen LogP contribution in [0, 0.1) is 0 Å². The number of nitrogens with one attached hydrogen (secondary N) is 1. The predicted molar refractivity (Wildman–Crippen MR) is 28.1 cm³/mol. The fourth-order valence-corrected chi connectivity index (χ4v) is 1.30. The Morgan fingerprint density at radius 2 is 2.40 bits per heavy atom. The van der Waals surface area contributed by atoms with Crippen molar-refractivity contribution >= 4 is 15.7 Å². The van der Waals surface area contributed by atoms with Crippen LogP contribution in [-0.4, -0.2) is 22.2 Å². The van der Waals surface area contributed by atoms with E-state index >= 15 is 0 Å². The normalized spacial score (nSPS) is 10.8. The second-order valence-corrected chi connectivity index (χ2v) is 3.49. The summed E-state index contributed by atoms with van der Waals surface area (Å²) in [6.07, 6.45) is 0. The van der Waals surface area contributed by atoms with Crippen LogP contribution in [0.2, 0.25) is 5.76 Å². The molecule has 0 aliphatic rings. The Labute approximate surface area is 39.8 Å². The summed E-state index contributed by atoms with van der Waals surface area (Å²) in [6, 6.07) is 0. The van der Waals surface area contributed by atoms with Gasteiger partial charge in [-0.05, 0) is 0 Å². The summed E-state index contributed by atoms with van der Waals surface area (Å²) in [7, 11) is 0. The van der Waals surface area contributed by atoms with Gasteiger partial charge >= 0.3 is 39.2 Å². The summed E-state index contributed by atoms with van der Waals surface area (Å²) in [5.74, 6) is 2.29. The Balaban J connectivity index is 2.19. The van der Waals surface area contributed by atoms with Crippen LogP contribution in [0.4, 0.5) is 0 Å². The molecule has 2 heteroatoms. The first kappa shape index (κ1) is 5.50. The van der Waals surface area contributed by atoms with Crippen LogP contribution in [0.25, 0.3) is 0 Å². The fraction of sp³-hybridized carbons (Fsp3) is 1.00. The van der Waals surface area contributed by atoms with Crippen LogP contribution in [-0.2, 0) is 0 Å². The van der Waals surface area contributed by atoms with E-state index in [0.29, 0.717) is 0 Å². The first-order chi connectivity index (χ1) is 2.41. The molecule has 0 radical (unpaired) electrons. The van der Waals surface area contributed by atoms with Gasteiger partial charge in [-0.15, -0.1) is 0 Å². The van der Waals surface area contributed by atoms with Crippen molar-refractivity contribution in [3.63, 3.8) is 0 Å². The van der Waals surface area contributed by atoms with Gasteiger partial charge in [-0.3, -0.25) is 0 Å². The molecule has 5 heavy (non-hydrogen) atoms. The van der Waals surface area contributed by atoms with E-state index in [4.69, 9.17) is 0 Å². The maximum atomic E-state index is 3.30. The zero-order valence-electron chi connectivity index (χ0n) is 3.91. The first-order valence-electron chi connectivity index (χ1n) is 2.12. The van der Waals surface area contributed by atoms with E-state index in [0.717, 1.165) is 0 Å². The van der Waals surface area contributed by atoms with Gasteiger partial charge < -0.3 is 0 Å². The summed E-state index contributed by atoms with van der Waals surface area (Å²) >= 11 is -0.161.